The van der Waals surface area contributed by atoms with Gasteiger partial charge in [-0.3, -0.25) is 0 Å². The zero-order valence-electron chi connectivity index (χ0n) is 10.6. The Morgan fingerprint density at radius 3 is 2.56 bits per heavy atom. The topological polar surface area (TPSA) is 42.2 Å². The quantitative estimate of drug-likeness (QED) is 0.795. The summed E-state index contributed by atoms with van der Waals surface area (Å²) in [6, 6.07) is 1.95. The van der Waals surface area contributed by atoms with Crippen molar-refractivity contribution >= 4 is 11.5 Å². The predicted octanol–water partition coefficient (Wildman–Crippen LogP) is 2.76. The molecule has 0 saturated heterocycles. The van der Waals surface area contributed by atoms with E-state index < -0.39 is 0 Å². The van der Waals surface area contributed by atoms with Crippen LogP contribution in [0.4, 0.5) is 11.5 Å². The van der Waals surface area contributed by atoms with E-state index in [0.29, 0.717) is 0 Å². The van der Waals surface area contributed by atoms with Crippen LogP contribution in [0.1, 0.15) is 26.3 Å². The third kappa shape index (κ3) is 2.75. The molecule has 0 aliphatic heterocycles. The highest BCUT2D eigenvalue weighted by Crippen LogP contribution is 2.27. The summed E-state index contributed by atoms with van der Waals surface area (Å²) in [5.74, 6) is 0.831. The van der Waals surface area contributed by atoms with Crippen LogP contribution >= 0.6 is 0 Å². The summed E-state index contributed by atoms with van der Waals surface area (Å²) in [6.45, 7) is 12.9. The molecule has 16 heavy (non-hydrogen) atoms. The van der Waals surface area contributed by atoms with Crippen molar-refractivity contribution in [3.63, 3.8) is 0 Å². The Hall–Kier alpha value is -1.51. The van der Waals surface area contributed by atoms with Crippen molar-refractivity contribution < 1.29 is 0 Å². The van der Waals surface area contributed by atoms with E-state index in [2.05, 4.69) is 37.2 Å². The molecular weight excluding hydrogens is 198 g/mol. The van der Waals surface area contributed by atoms with Gasteiger partial charge in [-0.1, -0.05) is 6.08 Å². The Morgan fingerprint density at radius 2 is 2.12 bits per heavy atom. The number of aryl methyl sites for hydroxylation is 1. The van der Waals surface area contributed by atoms with Crippen LogP contribution in [0.15, 0.2) is 24.9 Å². The van der Waals surface area contributed by atoms with Crippen LogP contribution in [0.3, 0.4) is 0 Å². The van der Waals surface area contributed by atoms with Crippen molar-refractivity contribution in [3.05, 3.63) is 30.5 Å². The maximum atomic E-state index is 6.01. The van der Waals surface area contributed by atoms with Gasteiger partial charge in [0.05, 0.1) is 5.69 Å². The number of hydrogen-bond acceptors (Lipinski definition) is 3. The van der Waals surface area contributed by atoms with Crippen molar-refractivity contribution in [3.8, 4) is 0 Å². The Morgan fingerprint density at radius 1 is 1.50 bits per heavy atom. The van der Waals surface area contributed by atoms with E-state index >= 15 is 0 Å². The van der Waals surface area contributed by atoms with Gasteiger partial charge < -0.3 is 10.6 Å². The Bertz CT molecular complexity index is 377. The monoisotopic (exact) mass is 219 g/mol. The number of aromatic nitrogens is 1. The number of nitrogens with two attached hydrogens (primary N) is 1. The molecule has 0 aromatic carbocycles. The average molecular weight is 219 g/mol. The molecule has 3 heteroatoms. The number of anilines is 2. The summed E-state index contributed by atoms with van der Waals surface area (Å²) in [5, 5.41) is 0. The van der Waals surface area contributed by atoms with Crippen molar-refractivity contribution in [2.45, 2.75) is 33.2 Å². The highest BCUT2D eigenvalue weighted by molar-refractivity contribution is 5.64. The van der Waals surface area contributed by atoms with Gasteiger partial charge in [-0.15, -0.1) is 6.58 Å². The molecule has 0 bridgehead atoms. The molecule has 0 aliphatic rings. The fraction of sp³-hybridized carbons (Fsp3) is 0.462. The SMILES string of the molecule is C=CCN(c1ncc(C)cc1N)C(C)(C)C. The van der Waals surface area contributed by atoms with Crippen LogP contribution in [0.25, 0.3) is 0 Å². The van der Waals surface area contributed by atoms with E-state index in [1.54, 1.807) is 0 Å². The zero-order chi connectivity index (χ0) is 12.3. The molecule has 0 aliphatic carbocycles. The second-order valence-electron chi connectivity index (χ2n) is 5.00. The number of pyridine rings is 1. The van der Waals surface area contributed by atoms with E-state index in [9.17, 15) is 0 Å². The van der Waals surface area contributed by atoms with Gasteiger partial charge >= 0.3 is 0 Å². The minimum Gasteiger partial charge on any atom is -0.396 e. The molecule has 0 amide bonds. The lowest BCUT2D eigenvalue weighted by Crippen LogP contribution is -2.42. The predicted molar refractivity (Wildman–Crippen MR) is 70.7 cm³/mol. The molecule has 0 saturated carbocycles. The highest BCUT2D eigenvalue weighted by atomic mass is 15.2. The van der Waals surface area contributed by atoms with Crippen LogP contribution < -0.4 is 10.6 Å². The second-order valence-corrected chi connectivity index (χ2v) is 5.00. The van der Waals surface area contributed by atoms with E-state index in [0.717, 1.165) is 23.6 Å². The van der Waals surface area contributed by atoms with Crippen molar-refractivity contribution in [1.29, 1.82) is 0 Å². The van der Waals surface area contributed by atoms with Crippen LogP contribution in [0.2, 0.25) is 0 Å². The minimum atomic E-state index is -0.0232. The second kappa shape index (κ2) is 4.56. The molecule has 1 rings (SSSR count). The summed E-state index contributed by atoms with van der Waals surface area (Å²) in [6.07, 6.45) is 3.71. The Labute approximate surface area is 98.0 Å². The molecule has 0 unspecified atom stereocenters. The smallest absolute Gasteiger partial charge is 0.152 e. The van der Waals surface area contributed by atoms with Gasteiger partial charge in [-0.2, -0.15) is 0 Å². The van der Waals surface area contributed by atoms with Crippen LogP contribution in [-0.4, -0.2) is 17.1 Å². The summed E-state index contributed by atoms with van der Waals surface area (Å²) < 4.78 is 0. The fourth-order valence-electron chi connectivity index (χ4n) is 1.62. The molecular formula is C13H21N3. The van der Waals surface area contributed by atoms with E-state index in [1.165, 1.54) is 0 Å². The molecule has 1 heterocycles. The third-order valence-electron chi connectivity index (χ3n) is 2.41. The Kier molecular flexibility index (Phi) is 3.58. The largest absolute Gasteiger partial charge is 0.396 e. The highest BCUT2D eigenvalue weighted by Gasteiger charge is 2.23. The molecule has 0 radical (unpaired) electrons. The maximum Gasteiger partial charge on any atom is 0.152 e. The summed E-state index contributed by atoms with van der Waals surface area (Å²) in [5.41, 5.74) is 7.78. The van der Waals surface area contributed by atoms with Crippen LogP contribution in [0, 0.1) is 6.92 Å². The van der Waals surface area contributed by atoms with Gasteiger partial charge in [0.2, 0.25) is 0 Å². The maximum absolute atomic E-state index is 6.01. The van der Waals surface area contributed by atoms with Gasteiger partial charge in [0, 0.05) is 18.3 Å². The van der Waals surface area contributed by atoms with Gasteiger partial charge in [0.1, 0.15) is 0 Å². The molecule has 0 fully saturated rings. The normalized spacial score (nSPS) is 11.2. The fourth-order valence-corrected chi connectivity index (χ4v) is 1.62. The van der Waals surface area contributed by atoms with Crippen LogP contribution in [0.5, 0.6) is 0 Å². The standard InChI is InChI=1S/C13H21N3/c1-6-7-16(13(3,4)5)12-11(14)8-10(2)9-15-12/h6,8-9H,1,7,14H2,2-5H3. The lowest BCUT2D eigenvalue weighted by atomic mass is 10.1. The number of rotatable bonds is 3. The number of nitrogen functional groups attached to an aromatic ring is 1. The van der Waals surface area contributed by atoms with Crippen molar-refractivity contribution in [2.24, 2.45) is 0 Å². The van der Waals surface area contributed by atoms with Crippen molar-refractivity contribution in [1.82, 2.24) is 4.98 Å². The van der Waals surface area contributed by atoms with E-state index in [4.69, 9.17) is 5.73 Å². The van der Waals surface area contributed by atoms with Gasteiger partial charge in [0.15, 0.2) is 5.82 Å². The van der Waals surface area contributed by atoms with E-state index in [1.807, 2.05) is 25.3 Å². The first-order valence-corrected chi connectivity index (χ1v) is 5.47. The molecule has 1 aromatic heterocycles. The number of hydrogen-bond donors (Lipinski definition) is 1. The van der Waals surface area contributed by atoms with E-state index in [-0.39, 0.29) is 5.54 Å². The number of nitrogens with zero attached hydrogens (tertiary/aromatic N) is 2. The van der Waals surface area contributed by atoms with Crippen LogP contribution in [-0.2, 0) is 0 Å². The lowest BCUT2D eigenvalue weighted by Gasteiger charge is -2.36. The molecule has 2 N–H and O–H groups in total. The molecule has 88 valence electrons. The van der Waals surface area contributed by atoms with Gasteiger partial charge in [-0.05, 0) is 39.3 Å². The van der Waals surface area contributed by atoms with Gasteiger partial charge in [0.25, 0.3) is 0 Å². The average Bonchev–Trinajstić information content (AvgIpc) is 2.13. The zero-order valence-corrected chi connectivity index (χ0v) is 10.6. The first-order valence-electron chi connectivity index (χ1n) is 5.47. The lowest BCUT2D eigenvalue weighted by molar-refractivity contribution is 0.518. The van der Waals surface area contributed by atoms with Gasteiger partial charge in [-0.25, -0.2) is 4.98 Å². The molecule has 0 atom stereocenters. The molecule has 0 spiro atoms. The van der Waals surface area contributed by atoms with Crippen molar-refractivity contribution in [2.75, 3.05) is 17.2 Å². The summed E-state index contributed by atoms with van der Waals surface area (Å²) >= 11 is 0. The summed E-state index contributed by atoms with van der Waals surface area (Å²) in [7, 11) is 0. The minimum absolute atomic E-state index is 0.0232. The third-order valence-corrected chi connectivity index (χ3v) is 2.41. The first kappa shape index (κ1) is 12.6. The summed E-state index contributed by atoms with van der Waals surface area (Å²) in [4.78, 5) is 6.56. The molecule has 1 aromatic rings. The first-order chi connectivity index (χ1) is 7.36. The Balaban J connectivity index is 3.16. The molecule has 3 nitrogen and oxygen atoms in total.